The van der Waals surface area contributed by atoms with Gasteiger partial charge in [-0.15, -0.1) is 0 Å². The van der Waals surface area contributed by atoms with Crippen LogP contribution in [0, 0.1) is 0 Å². The van der Waals surface area contributed by atoms with E-state index >= 15 is 0 Å². The number of anilines is 1. The van der Waals surface area contributed by atoms with Gasteiger partial charge in [-0.3, -0.25) is 9.59 Å². The number of carbonyl (C=O) groups is 2. The van der Waals surface area contributed by atoms with Gasteiger partial charge in [0.1, 0.15) is 11.8 Å². The summed E-state index contributed by atoms with van der Waals surface area (Å²) in [6, 6.07) is 11.8. The van der Waals surface area contributed by atoms with Crippen molar-refractivity contribution in [2.75, 3.05) is 24.5 Å². The largest absolute Gasteiger partial charge is 0.467 e. The van der Waals surface area contributed by atoms with E-state index in [1.165, 1.54) is 5.56 Å². The second-order valence-electron chi connectivity index (χ2n) is 6.07. The number of amides is 2. The fourth-order valence-electron chi connectivity index (χ4n) is 3.12. The van der Waals surface area contributed by atoms with Crippen LogP contribution in [-0.4, -0.2) is 31.4 Å². The van der Waals surface area contributed by atoms with E-state index in [9.17, 15) is 9.59 Å². The average Bonchev–Trinajstić information content (AvgIpc) is 3.30. The fourth-order valence-corrected chi connectivity index (χ4v) is 3.12. The molecule has 2 aromatic rings. The Morgan fingerprint density at radius 3 is 2.72 bits per heavy atom. The highest BCUT2D eigenvalue weighted by molar-refractivity contribution is 6.35. The summed E-state index contributed by atoms with van der Waals surface area (Å²) in [4.78, 5) is 26.0. The van der Waals surface area contributed by atoms with Crippen molar-refractivity contribution in [3.63, 3.8) is 0 Å². The second-order valence-corrected chi connectivity index (χ2v) is 6.07. The monoisotopic (exact) mass is 341 g/mol. The van der Waals surface area contributed by atoms with Crippen molar-refractivity contribution in [1.29, 1.82) is 0 Å². The van der Waals surface area contributed by atoms with E-state index in [4.69, 9.17) is 4.42 Å². The number of hydrogen-bond acceptors (Lipinski definition) is 4. The third-order valence-electron chi connectivity index (χ3n) is 4.37. The predicted molar refractivity (Wildman–Crippen MR) is 95.3 cm³/mol. The highest BCUT2D eigenvalue weighted by Gasteiger charge is 2.29. The molecule has 2 N–H and O–H groups in total. The van der Waals surface area contributed by atoms with Crippen molar-refractivity contribution in [1.82, 2.24) is 10.6 Å². The Morgan fingerprint density at radius 1 is 1.16 bits per heavy atom. The Hall–Kier alpha value is -2.76. The number of benzene rings is 1. The van der Waals surface area contributed by atoms with Gasteiger partial charge in [0.05, 0.1) is 6.26 Å². The van der Waals surface area contributed by atoms with E-state index in [1.54, 1.807) is 6.26 Å². The highest BCUT2D eigenvalue weighted by Crippen LogP contribution is 2.34. The molecular weight excluding hydrogens is 318 g/mol. The smallest absolute Gasteiger partial charge is 0.309 e. The molecule has 1 atom stereocenters. The van der Waals surface area contributed by atoms with Crippen LogP contribution >= 0.6 is 0 Å². The van der Waals surface area contributed by atoms with Gasteiger partial charge in [0.25, 0.3) is 0 Å². The van der Waals surface area contributed by atoms with Gasteiger partial charge in [0.2, 0.25) is 0 Å². The van der Waals surface area contributed by atoms with Gasteiger partial charge >= 0.3 is 11.8 Å². The Morgan fingerprint density at radius 2 is 1.96 bits per heavy atom. The normalized spacial score (nSPS) is 14.0. The van der Waals surface area contributed by atoms with Crippen LogP contribution in [0.3, 0.4) is 0 Å². The maximum absolute atomic E-state index is 12.0. The molecule has 1 aromatic heterocycles. The topological polar surface area (TPSA) is 74.6 Å². The zero-order valence-electron chi connectivity index (χ0n) is 14.3. The lowest BCUT2D eigenvalue weighted by Gasteiger charge is -2.29. The van der Waals surface area contributed by atoms with E-state index in [0.29, 0.717) is 13.1 Å². The number of carbonyl (C=O) groups excluding carboxylic acids is 2. The Balaban J connectivity index is 1.72. The first-order valence-corrected chi connectivity index (χ1v) is 8.64. The first-order chi connectivity index (χ1) is 12.2. The summed E-state index contributed by atoms with van der Waals surface area (Å²) < 4.78 is 5.59. The van der Waals surface area contributed by atoms with Gasteiger partial charge in [-0.1, -0.05) is 25.1 Å². The molecule has 1 aromatic carbocycles. The summed E-state index contributed by atoms with van der Waals surface area (Å²) in [7, 11) is 0. The minimum Gasteiger partial charge on any atom is -0.467 e. The van der Waals surface area contributed by atoms with Gasteiger partial charge in [-0.25, -0.2) is 0 Å². The van der Waals surface area contributed by atoms with Crippen LogP contribution < -0.4 is 15.5 Å². The van der Waals surface area contributed by atoms with Crippen molar-refractivity contribution in [2.24, 2.45) is 0 Å². The molecule has 0 bridgehead atoms. The maximum Gasteiger partial charge on any atom is 0.309 e. The summed E-state index contributed by atoms with van der Waals surface area (Å²) >= 11 is 0. The first-order valence-electron chi connectivity index (χ1n) is 8.64. The summed E-state index contributed by atoms with van der Waals surface area (Å²) in [5.74, 6) is -0.440. The highest BCUT2D eigenvalue weighted by atomic mass is 16.3. The van der Waals surface area contributed by atoms with Crippen LogP contribution in [-0.2, 0) is 16.0 Å². The number of hydrogen-bond donors (Lipinski definition) is 2. The molecule has 2 amide bonds. The quantitative estimate of drug-likeness (QED) is 0.789. The number of furan rings is 1. The summed E-state index contributed by atoms with van der Waals surface area (Å²) in [5, 5.41) is 5.32. The van der Waals surface area contributed by atoms with E-state index in [2.05, 4.69) is 27.7 Å². The van der Waals surface area contributed by atoms with Crippen LogP contribution in [0.1, 0.15) is 30.7 Å². The molecule has 1 aliphatic heterocycles. The number of fused-ring (bicyclic) bond motifs is 1. The van der Waals surface area contributed by atoms with Crippen LogP contribution in [0.5, 0.6) is 0 Å². The van der Waals surface area contributed by atoms with Gasteiger partial charge in [-0.2, -0.15) is 0 Å². The van der Waals surface area contributed by atoms with E-state index in [0.717, 1.165) is 30.8 Å². The van der Waals surface area contributed by atoms with Gasteiger partial charge in [-0.05, 0) is 36.6 Å². The molecule has 0 unspecified atom stereocenters. The van der Waals surface area contributed by atoms with E-state index in [1.807, 2.05) is 31.2 Å². The Labute approximate surface area is 147 Å². The van der Waals surface area contributed by atoms with Crippen LogP contribution in [0.2, 0.25) is 0 Å². The van der Waals surface area contributed by atoms with Gasteiger partial charge in [0.15, 0.2) is 0 Å². The maximum atomic E-state index is 12.0. The number of rotatable bonds is 6. The molecule has 0 saturated carbocycles. The molecule has 0 fully saturated rings. The SMILES string of the molecule is CCCNC(=O)C(=O)NC[C@H](c1ccco1)N1CCc2ccccc21. The summed E-state index contributed by atoms with van der Waals surface area (Å²) in [6.07, 6.45) is 3.37. The van der Waals surface area contributed by atoms with Gasteiger partial charge in [0, 0.05) is 25.3 Å². The van der Waals surface area contributed by atoms with Crippen LogP contribution in [0.4, 0.5) is 5.69 Å². The third-order valence-corrected chi connectivity index (χ3v) is 4.37. The molecule has 1 aliphatic rings. The van der Waals surface area contributed by atoms with Crippen molar-refractivity contribution < 1.29 is 14.0 Å². The van der Waals surface area contributed by atoms with Gasteiger partial charge < -0.3 is 20.0 Å². The standard InChI is InChI=1S/C19H23N3O3/c1-2-10-20-18(23)19(24)21-13-16(17-8-5-12-25-17)22-11-9-14-6-3-4-7-15(14)22/h3-8,12,16H,2,9-11,13H2,1H3,(H,20,23)(H,21,24)/t16-/m1/s1. The van der Waals surface area contributed by atoms with Crippen LogP contribution in [0.15, 0.2) is 47.1 Å². The molecule has 3 rings (SSSR count). The molecule has 0 saturated heterocycles. The molecule has 2 heterocycles. The summed E-state index contributed by atoms with van der Waals surface area (Å²) in [5.41, 5.74) is 2.43. The third kappa shape index (κ3) is 3.84. The van der Waals surface area contributed by atoms with Crippen molar-refractivity contribution >= 4 is 17.5 Å². The molecular formula is C19H23N3O3. The predicted octanol–water partition coefficient (Wildman–Crippen LogP) is 2.03. The summed E-state index contributed by atoms with van der Waals surface area (Å²) in [6.45, 7) is 3.59. The molecule has 25 heavy (non-hydrogen) atoms. The molecule has 6 nitrogen and oxygen atoms in total. The number of para-hydroxylation sites is 1. The number of nitrogens with one attached hydrogen (secondary N) is 2. The molecule has 6 heteroatoms. The minimum atomic E-state index is -0.613. The first kappa shape index (κ1) is 17.1. The molecule has 0 aliphatic carbocycles. The zero-order chi connectivity index (χ0) is 17.6. The van der Waals surface area contributed by atoms with Crippen molar-refractivity contribution in [3.8, 4) is 0 Å². The average molecular weight is 341 g/mol. The lowest BCUT2D eigenvalue weighted by Crippen LogP contribution is -2.44. The van der Waals surface area contributed by atoms with E-state index < -0.39 is 11.8 Å². The molecule has 132 valence electrons. The lowest BCUT2D eigenvalue weighted by atomic mass is 10.1. The molecule has 0 radical (unpaired) electrons. The number of nitrogens with zero attached hydrogens (tertiary/aromatic N) is 1. The fraction of sp³-hybridized carbons (Fsp3) is 0.368. The zero-order valence-corrected chi connectivity index (χ0v) is 14.3. The van der Waals surface area contributed by atoms with Crippen molar-refractivity contribution in [2.45, 2.75) is 25.8 Å². The minimum absolute atomic E-state index is 0.151. The van der Waals surface area contributed by atoms with Crippen molar-refractivity contribution in [3.05, 3.63) is 54.0 Å². The Kier molecular flexibility index (Phi) is 5.38. The second kappa shape index (κ2) is 7.88. The molecule has 0 spiro atoms. The Bertz CT molecular complexity index is 727. The lowest BCUT2D eigenvalue weighted by molar-refractivity contribution is -0.139. The van der Waals surface area contributed by atoms with E-state index in [-0.39, 0.29) is 6.04 Å². The van der Waals surface area contributed by atoms with Crippen LogP contribution in [0.25, 0.3) is 0 Å².